The molecule has 0 heteroatoms. The molecule has 0 saturated heterocycles. The lowest BCUT2D eigenvalue weighted by Crippen LogP contribution is -2.09. The van der Waals surface area contributed by atoms with Crippen molar-refractivity contribution < 1.29 is 0 Å². The van der Waals surface area contributed by atoms with E-state index in [0.29, 0.717) is 0 Å². The minimum atomic E-state index is 0. The van der Waals surface area contributed by atoms with Gasteiger partial charge >= 0.3 is 0 Å². The monoisotopic (exact) mass is 244 g/mol. The van der Waals surface area contributed by atoms with Crippen molar-refractivity contribution in [2.75, 3.05) is 0 Å². The van der Waals surface area contributed by atoms with Gasteiger partial charge in [0.05, 0.1) is 0 Å². The van der Waals surface area contributed by atoms with Crippen molar-refractivity contribution in [3.8, 4) is 0 Å². The fourth-order valence-electron chi connectivity index (χ4n) is 2.88. The van der Waals surface area contributed by atoms with Crippen LogP contribution in [0.3, 0.4) is 0 Å². The third kappa shape index (κ3) is 1.54. The van der Waals surface area contributed by atoms with Crippen molar-refractivity contribution in [3.63, 3.8) is 0 Å². The number of hydrogen-bond donors (Lipinski definition) is 0. The highest BCUT2D eigenvalue weighted by Crippen LogP contribution is 2.21. The highest BCUT2D eigenvalue weighted by Gasteiger charge is 2.05. The normalized spacial score (nSPS) is 11.8. The van der Waals surface area contributed by atoms with Crippen molar-refractivity contribution in [2.45, 2.75) is 14.4 Å². The summed E-state index contributed by atoms with van der Waals surface area (Å²) in [4.78, 5) is 0. The van der Waals surface area contributed by atoms with Gasteiger partial charge in [0.15, 0.2) is 0 Å². The van der Waals surface area contributed by atoms with Gasteiger partial charge in [-0.15, -0.1) is 5.73 Å². The molecule has 1 aliphatic rings. The first-order valence-electron chi connectivity index (χ1n) is 6.23. The van der Waals surface area contributed by atoms with E-state index in [0.717, 1.165) is 0 Å². The predicted molar refractivity (Wildman–Crippen MR) is 84.6 cm³/mol. The number of aryl methyl sites for hydroxylation is 1. The Balaban J connectivity index is 0.00000110. The van der Waals surface area contributed by atoms with Crippen LogP contribution >= 0.6 is 0 Å². The number of allylic oxidation sites excluding steroid dienone is 1. The Morgan fingerprint density at radius 1 is 0.842 bits per heavy atom. The molecule has 92 valence electrons. The van der Waals surface area contributed by atoms with Crippen LogP contribution in [-0.2, 0) is 0 Å². The highest BCUT2D eigenvalue weighted by atomic mass is 14.1. The largest absolute Gasteiger partial charge is 0.112 e. The first kappa shape index (κ1) is 11.8. The van der Waals surface area contributed by atoms with Gasteiger partial charge in [0.2, 0.25) is 0 Å². The van der Waals surface area contributed by atoms with Crippen molar-refractivity contribution in [3.05, 3.63) is 64.5 Å². The zero-order chi connectivity index (χ0) is 12.1. The van der Waals surface area contributed by atoms with E-state index < -0.39 is 0 Å². The number of benzene rings is 3. The molecule has 0 heterocycles. The fourth-order valence-corrected chi connectivity index (χ4v) is 2.88. The molecule has 1 aliphatic carbocycles. The summed E-state index contributed by atoms with van der Waals surface area (Å²) in [6.45, 7) is 2.17. The fraction of sp³-hybridized carbons (Fsp3) is 0.105. The Bertz CT molecular complexity index is 953. The molecule has 19 heavy (non-hydrogen) atoms. The molecule has 0 radical (unpaired) electrons. The average molecular weight is 244 g/mol. The third-order valence-corrected chi connectivity index (χ3v) is 3.77. The second-order valence-corrected chi connectivity index (χ2v) is 4.84. The van der Waals surface area contributed by atoms with E-state index in [1.54, 1.807) is 0 Å². The first-order chi connectivity index (χ1) is 8.84. The van der Waals surface area contributed by atoms with E-state index >= 15 is 0 Å². The van der Waals surface area contributed by atoms with Crippen LogP contribution in [0.4, 0.5) is 0 Å². The maximum atomic E-state index is 3.39. The Kier molecular flexibility index (Phi) is 2.55. The zero-order valence-corrected chi connectivity index (χ0v) is 10.2. The molecule has 0 fully saturated rings. The number of hydrogen-bond acceptors (Lipinski definition) is 0. The molecular weight excluding hydrogens is 228 g/mol. The lowest BCUT2D eigenvalue weighted by Gasteiger charge is -2.06. The summed E-state index contributed by atoms with van der Waals surface area (Å²) < 4.78 is 0. The molecular formula is C19H16. The van der Waals surface area contributed by atoms with Crippen LogP contribution in [0.1, 0.15) is 13.0 Å². The lowest BCUT2D eigenvalue weighted by molar-refractivity contribution is 1.45. The third-order valence-electron chi connectivity index (χ3n) is 3.77. The topological polar surface area (TPSA) is 0 Å². The lowest BCUT2D eigenvalue weighted by atomic mass is 9.97. The van der Waals surface area contributed by atoms with Crippen LogP contribution in [0.25, 0.3) is 33.4 Å². The Hall–Kier alpha value is -2.30. The molecule has 0 spiro atoms. The molecule has 0 nitrogen and oxygen atoms in total. The molecule has 0 aliphatic heterocycles. The molecule has 0 N–H and O–H groups in total. The Labute approximate surface area is 113 Å². The summed E-state index contributed by atoms with van der Waals surface area (Å²) in [5, 5.41) is 7.82. The van der Waals surface area contributed by atoms with Crippen LogP contribution in [0, 0.1) is 6.92 Å². The van der Waals surface area contributed by atoms with E-state index in [1.165, 1.54) is 37.5 Å². The molecule has 3 aromatic carbocycles. The predicted octanol–water partition coefficient (Wildman–Crippen LogP) is 3.67. The van der Waals surface area contributed by atoms with Crippen LogP contribution in [0.2, 0.25) is 0 Å². The second kappa shape index (κ2) is 4.12. The van der Waals surface area contributed by atoms with Gasteiger partial charge < -0.3 is 0 Å². The zero-order valence-electron chi connectivity index (χ0n) is 10.2. The van der Waals surface area contributed by atoms with E-state index in [-0.39, 0.29) is 7.43 Å². The van der Waals surface area contributed by atoms with Gasteiger partial charge in [-0.2, -0.15) is 0 Å². The Morgan fingerprint density at radius 2 is 1.58 bits per heavy atom. The maximum absolute atomic E-state index is 3.39. The molecule has 0 aromatic heterocycles. The number of rotatable bonds is 0. The summed E-state index contributed by atoms with van der Waals surface area (Å²) in [6.07, 6.45) is 4.22. The molecule has 4 rings (SSSR count). The van der Waals surface area contributed by atoms with Crippen LogP contribution in [0.5, 0.6) is 0 Å². The molecule has 3 aromatic rings. The van der Waals surface area contributed by atoms with Crippen LogP contribution in [-0.4, -0.2) is 0 Å². The van der Waals surface area contributed by atoms with E-state index in [9.17, 15) is 0 Å². The minimum Gasteiger partial charge on any atom is -0.112 e. The van der Waals surface area contributed by atoms with Gasteiger partial charge in [-0.3, -0.25) is 0 Å². The minimum absolute atomic E-state index is 0. The molecule has 0 atom stereocenters. The molecule has 0 amide bonds. The van der Waals surface area contributed by atoms with Gasteiger partial charge in [-0.05, 0) is 52.1 Å². The molecule has 0 unspecified atom stereocenters. The van der Waals surface area contributed by atoms with E-state index in [2.05, 4.69) is 61.2 Å². The second-order valence-electron chi connectivity index (χ2n) is 4.84. The van der Waals surface area contributed by atoms with Gasteiger partial charge in [0.1, 0.15) is 0 Å². The van der Waals surface area contributed by atoms with Gasteiger partial charge in [0.25, 0.3) is 0 Å². The molecule has 0 bridgehead atoms. The van der Waals surface area contributed by atoms with E-state index in [1.807, 2.05) is 6.08 Å². The summed E-state index contributed by atoms with van der Waals surface area (Å²) in [5.74, 6) is 0. The standard InChI is InChI=1S/C18H12.CH4/c1-12-8-9-15-11-10-14-5-2-4-13-6-3-7-16(12)18(15)17(13)14;/h2-5,7-11H,1H3;1H4. The van der Waals surface area contributed by atoms with E-state index in [4.69, 9.17) is 0 Å². The quantitative estimate of drug-likeness (QED) is 0.529. The van der Waals surface area contributed by atoms with Gasteiger partial charge in [0, 0.05) is 10.6 Å². The smallest absolute Gasteiger partial charge is 0.0249 e. The highest BCUT2D eigenvalue weighted by molar-refractivity contribution is 6.09. The summed E-state index contributed by atoms with van der Waals surface area (Å²) in [6, 6.07) is 15.2. The average Bonchev–Trinajstić information content (AvgIpc) is 2.60. The van der Waals surface area contributed by atoms with Gasteiger partial charge in [-0.1, -0.05) is 43.8 Å². The SMILES string of the molecule is C.Cc1ccc2ccc3cccc4c3c2c1=CC=C=4. The van der Waals surface area contributed by atoms with Crippen molar-refractivity contribution in [1.82, 2.24) is 0 Å². The summed E-state index contributed by atoms with van der Waals surface area (Å²) in [5.41, 5.74) is 4.71. The van der Waals surface area contributed by atoms with Crippen molar-refractivity contribution in [2.24, 2.45) is 0 Å². The summed E-state index contributed by atoms with van der Waals surface area (Å²) >= 11 is 0. The maximum Gasteiger partial charge on any atom is 0.0249 e. The first-order valence-corrected chi connectivity index (χ1v) is 6.23. The summed E-state index contributed by atoms with van der Waals surface area (Å²) in [7, 11) is 0. The molecule has 0 saturated carbocycles. The van der Waals surface area contributed by atoms with Crippen LogP contribution < -0.4 is 10.4 Å². The van der Waals surface area contributed by atoms with Crippen molar-refractivity contribution in [1.29, 1.82) is 0 Å². The Morgan fingerprint density at radius 3 is 2.42 bits per heavy atom. The van der Waals surface area contributed by atoms with Gasteiger partial charge in [-0.25, -0.2) is 0 Å². The van der Waals surface area contributed by atoms with Crippen molar-refractivity contribution >= 4 is 33.4 Å². The van der Waals surface area contributed by atoms with Crippen LogP contribution in [0.15, 0.2) is 48.5 Å².